The van der Waals surface area contributed by atoms with E-state index < -0.39 is 21.7 Å². The number of esters is 1. The number of H-pyrrole nitrogens is 1. The Bertz CT molecular complexity index is 1000. The molecule has 1 aliphatic heterocycles. The van der Waals surface area contributed by atoms with Gasteiger partial charge in [-0.05, 0) is 25.1 Å². The minimum Gasteiger partial charge on any atom is -0.462 e. The van der Waals surface area contributed by atoms with Crippen LogP contribution in [0.2, 0.25) is 0 Å². The molecular formula is C17H21ClN4O5S. The number of ether oxygens (including phenoxy) is 1. The van der Waals surface area contributed by atoms with Gasteiger partial charge in [-0.25, -0.2) is 13.2 Å². The minimum absolute atomic E-state index is 0. The quantitative estimate of drug-likeness (QED) is 0.612. The Hall–Kier alpha value is -2.43. The fourth-order valence-corrected chi connectivity index (χ4v) is 3.50. The van der Waals surface area contributed by atoms with Crippen molar-refractivity contribution in [2.24, 2.45) is 0 Å². The van der Waals surface area contributed by atoms with Crippen molar-refractivity contribution in [3.63, 3.8) is 0 Å². The lowest BCUT2D eigenvalue weighted by molar-refractivity contribution is 0.0526. The Morgan fingerprint density at radius 3 is 2.71 bits per heavy atom. The molecule has 2 aromatic rings. The summed E-state index contributed by atoms with van der Waals surface area (Å²) in [5, 5.41) is 12.7. The van der Waals surface area contributed by atoms with Gasteiger partial charge in [0, 0.05) is 42.7 Å². The molecule has 0 aliphatic carbocycles. The molecule has 1 aromatic carbocycles. The summed E-state index contributed by atoms with van der Waals surface area (Å²) in [6.07, 6.45) is 1.77. The monoisotopic (exact) mass is 428 g/mol. The number of aromatic nitrogens is 2. The average Bonchev–Trinajstić information content (AvgIpc) is 3.05. The summed E-state index contributed by atoms with van der Waals surface area (Å²) in [6.45, 7) is 3.12. The van der Waals surface area contributed by atoms with E-state index in [9.17, 15) is 18.0 Å². The molecule has 3 N–H and O–H groups in total. The molecular weight excluding hydrogens is 408 g/mol. The number of nitrogens with one attached hydrogen (secondary N) is 3. The van der Waals surface area contributed by atoms with E-state index in [0.717, 1.165) is 30.5 Å². The van der Waals surface area contributed by atoms with E-state index in [1.54, 1.807) is 6.92 Å². The van der Waals surface area contributed by atoms with Crippen molar-refractivity contribution in [2.75, 3.05) is 24.7 Å². The van der Waals surface area contributed by atoms with Crippen LogP contribution in [0, 0.1) is 0 Å². The van der Waals surface area contributed by atoms with E-state index in [2.05, 4.69) is 20.8 Å². The number of hydrogen-bond acceptors (Lipinski definition) is 7. The van der Waals surface area contributed by atoms with Crippen LogP contribution in [0.5, 0.6) is 0 Å². The first kappa shape index (κ1) is 21.9. The van der Waals surface area contributed by atoms with Gasteiger partial charge in [-0.15, -0.1) is 12.4 Å². The molecule has 0 saturated heterocycles. The Morgan fingerprint density at radius 1 is 1.29 bits per heavy atom. The SMILES string of the molecule is CCOC(=O)c1cc(NC(=O)c2n[nH]c3c2CNCC3)cc(S(C)(=O)=O)c1.Cl. The lowest BCUT2D eigenvalue weighted by atomic mass is 10.1. The number of carbonyl (C=O) groups is 2. The topological polar surface area (TPSA) is 130 Å². The van der Waals surface area contributed by atoms with Gasteiger partial charge >= 0.3 is 5.97 Å². The van der Waals surface area contributed by atoms with Crippen molar-refractivity contribution in [2.45, 2.75) is 24.8 Å². The van der Waals surface area contributed by atoms with Crippen LogP contribution >= 0.6 is 12.4 Å². The minimum atomic E-state index is -3.59. The molecule has 1 amide bonds. The largest absolute Gasteiger partial charge is 0.462 e. The normalized spacial score (nSPS) is 13.2. The van der Waals surface area contributed by atoms with Gasteiger partial charge in [0.2, 0.25) is 0 Å². The maximum Gasteiger partial charge on any atom is 0.338 e. The van der Waals surface area contributed by atoms with E-state index in [1.807, 2.05) is 0 Å². The molecule has 1 aliphatic rings. The second kappa shape index (κ2) is 8.72. The molecule has 1 aromatic heterocycles. The van der Waals surface area contributed by atoms with Crippen LogP contribution in [0.3, 0.4) is 0 Å². The highest BCUT2D eigenvalue weighted by molar-refractivity contribution is 7.90. The van der Waals surface area contributed by atoms with Crippen LogP contribution in [-0.4, -0.2) is 49.9 Å². The zero-order valence-electron chi connectivity index (χ0n) is 15.4. The van der Waals surface area contributed by atoms with E-state index in [4.69, 9.17) is 4.74 Å². The van der Waals surface area contributed by atoms with Crippen LogP contribution < -0.4 is 10.6 Å². The Labute approximate surface area is 168 Å². The summed E-state index contributed by atoms with van der Waals surface area (Å²) >= 11 is 0. The number of carbonyl (C=O) groups excluding carboxylic acids is 2. The Kier molecular flexibility index (Phi) is 6.81. The summed E-state index contributed by atoms with van der Waals surface area (Å²) in [4.78, 5) is 24.6. The van der Waals surface area contributed by atoms with Crippen LogP contribution in [0.1, 0.15) is 39.0 Å². The van der Waals surface area contributed by atoms with Crippen LogP contribution in [0.4, 0.5) is 5.69 Å². The molecule has 0 bridgehead atoms. The number of sulfone groups is 1. The number of fused-ring (bicyclic) bond motifs is 1. The zero-order valence-corrected chi connectivity index (χ0v) is 17.0. The number of anilines is 1. The van der Waals surface area contributed by atoms with Gasteiger partial charge in [0.1, 0.15) is 0 Å². The fourth-order valence-electron chi connectivity index (χ4n) is 2.82. The number of hydrogen-bond donors (Lipinski definition) is 3. The van der Waals surface area contributed by atoms with Crippen molar-refractivity contribution in [1.29, 1.82) is 0 Å². The van der Waals surface area contributed by atoms with E-state index >= 15 is 0 Å². The van der Waals surface area contributed by atoms with Crippen molar-refractivity contribution in [3.8, 4) is 0 Å². The number of rotatable bonds is 5. The van der Waals surface area contributed by atoms with Gasteiger partial charge in [0.15, 0.2) is 15.5 Å². The summed E-state index contributed by atoms with van der Waals surface area (Å²) in [7, 11) is -3.59. The molecule has 152 valence electrons. The number of nitrogens with zero attached hydrogens (tertiary/aromatic N) is 1. The van der Waals surface area contributed by atoms with Gasteiger partial charge in [-0.1, -0.05) is 0 Å². The zero-order chi connectivity index (χ0) is 19.6. The summed E-state index contributed by atoms with van der Waals surface area (Å²) in [5.74, 6) is -1.16. The average molecular weight is 429 g/mol. The smallest absolute Gasteiger partial charge is 0.338 e. The van der Waals surface area contributed by atoms with E-state index in [0.29, 0.717) is 6.54 Å². The molecule has 0 fully saturated rings. The highest BCUT2D eigenvalue weighted by Crippen LogP contribution is 2.22. The third-order valence-electron chi connectivity index (χ3n) is 4.13. The first-order chi connectivity index (χ1) is 12.8. The lowest BCUT2D eigenvalue weighted by Gasteiger charge is -2.13. The van der Waals surface area contributed by atoms with E-state index in [1.165, 1.54) is 18.2 Å². The van der Waals surface area contributed by atoms with Crippen LogP contribution in [0.25, 0.3) is 0 Å². The van der Waals surface area contributed by atoms with Crippen LogP contribution in [-0.2, 0) is 27.5 Å². The number of halogens is 1. The molecule has 0 spiro atoms. The summed E-state index contributed by atoms with van der Waals surface area (Å²) in [5.41, 5.74) is 2.13. The molecule has 2 heterocycles. The molecule has 0 radical (unpaired) electrons. The highest BCUT2D eigenvalue weighted by atomic mass is 35.5. The predicted octanol–water partition coefficient (Wildman–Crippen LogP) is 1.31. The summed E-state index contributed by atoms with van der Waals surface area (Å²) < 4.78 is 28.8. The maximum atomic E-state index is 12.6. The summed E-state index contributed by atoms with van der Waals surface area (Å²) in [6, 6.07) is 3.90. The second-order valence-corrected chi connectivity index (χ2v) is 8.16. The highest BCUT2D eigenvalue weighted by Gasteiger charge is 2.23. The molecule has 0 atom stereocenters. The number of benzene rings is 1. The standard InChI is InChI=1S/C17H20N4O5S.ClH/c1-3-26-17(23)10-6-11(8-12(7-10)27(2,24)25)19-16(22)15-13-9-18-5-4-14(13)20-21-15;/h6-8,18H,3-5,9H2,1-2H3,(H,19,22)(H,20,21);1H. The second-order valence-electron chi connectivity index (χ2n) is 6.15. The predicted molar refractivity (Wildman–Crippen MR) is 105 cm³/mol. The van der Waals surface area contributed by atoms with Gasteiger partial charge in [0.05, 0.1) is 17.1 Å². The van der Waals surface area contributed by atoms with Crippen molar-refractivity contribution in [3.05, 3.63) is 40.7 Å². The third-order valence-corrected chi connectivity index (χ3v) is 5.22. The first-order valence-electron chi connectivity index (χ1n) is 8.40. The van der Waals surface area contributed by atoms with Gasteiger partial charge < -0.3 is 15.4 Å². The lowest BCUT2D eigenvalue weighted by Crippen LogP contribution is -2.25. The van der Waals surface area contributed by atoms with Crippen molar-refractivity contribution < 1.29 is 22.7 Å². The third kappa shape index (κ3) is 4.70. The van der Waals surface area contributed by atoms with Gasteiger partial charge in [-0.3, -0.25) is 9.89 Å². The van der Waals surface area contributed by atoms with Gasteiger partial charge in [0.25, 0.3) is 5.91 Å². The van der Waals surface area contributed by atoms with Crippen molar-refractivity contribution in [1.82, 2.24) is 15.5 Å². The molecule has 0 unspecified atom stereocenters. The molecule has 11 heteroatoms. The number of amides is 1. The first-order valence-corrected chi connectivity index (χ1v) is 10.3. The van der Waals surface area contributed by atoms with Crippen molar-refractivity contribution >= 4 is 39.8 Å². The number of aromatic amines is 1. The molecule has 28 heavy (non-hydrogen) atoms. The van der Waals surface area contributed by atoms with E-state index in [-0.39, 0.29) is 40.9 Å². The Morgan fingerprint density at radius 2 is 2.04 bits per heavy atom. The maximum absolute atomic E-state index is 12.6. The fraction of sp³-hybridized carbons (Fsp3) is 0.353. The Balaban J connectivity index is 0.00000280. The van der Waals surface area contributed by atoms with Gasteiger partial charge in [-0.2, -0.15) is 5.10 Å². The molecule has 9 nitrogen and oxygen atoms in total. The molecule has 0 saturated carbocycles. The van der Waals surface area contributed by atoms with Crippen LogP contribution in [0.15, 0.2) is 23.1 Å². The molecule has 3 rings (SSSR count).